The van der Waals surface area contributed by atoms with Crippen LogP contribution in [0.25, 0.3) is 0 Å². The fourth-order valence-electron chi connectivity index (χ4n) is 3.28. The fraction of sp³-hybridized carbons (Fsp3) is 0.478. The molecule has 0 bridgehead atoms. The predicted molar refractivity (Wildman–Crippen MR) is 118 cm³/mol. The molecule has 0 saturated carbocycles. The van der Waals surface area contributed by atoms with Gasteiger partial charge in [0.15, 0.2) is 0 Å². The Hall–Kier alpha value is -1.85. The molecule has 4 nitrogen and oxygen atoms in total. The molecule has 2 rings (SSSR count). The van der Waals surface area contributed by atoms with Gasteiger partial charge in [-0.2, -0.15) is 0 Å². The number of hydrogen-bond donors (Lipinski definition) is 1. The van der Waals surface area contributed by atoms with Gasteiger partial charge in [0.25, 0.3) is 0 Å². The van der Waals surface area contributed by atoms with Crippen molar-refractivity contribution in [3.05, 3.63) is 47.5 Å². The maximum Gasteiger partial charge on any atom is 0.136 e. The number of methoxy groups -OCH3 is 3. The molecule has 5 heteroatoms. The molecule has 0 aromatic heterocycles. The number of unbranched alkanes of at least 4 members (excludes halogenated alkanes) is 2. The zero-order valence-corrected chi connectivity index (χ0v) is 18.3. The average Bonchev–Trinajstić information content (AvgIpc) is 2.74. The first-order valence-electron chi connectivity index (χ1n) is 9.89. The van der Waals surface area contributed by atoms with Crippen molar-refractivity contribution in [1.82, 2.24) is 0 Å². The van der Waals surface area contributed by atoms with Crippen LogP contribution in [0.1, 0.15) is 43.2 Å². The van der Waals surface area contributed by atoms with Gasteiger partial charge in [0.2, 0.25) is 0 Å². The number of nitrogens with two attached hydrogens (primary N) is 1. The molecular weight excluding hydrogens is 370 g/mol. The molecule has 0 aliphatic heterocycles. The van der Waals surface area contributed by atoms with Crippen LogP contribution in [0.4, 0.5) is 0 Å². The van der Waals surface area contributed by atoms with E-state index in [1.807, 2.05) is 18.2 Å². The van der Waals surface area contributed by atoms with Crippen molar-refractivity contribution in [2.75, 3.05) is 33.6 Å². The molecular formula is C23H33NO3S. The Morgan fingerprint density at radius 1 is 0.929 bits per heavy atom. The maximum absolute atomic E-state index is 6.15. The molecule has 1 unspecified atom stereocenters. The molecule has 28 heavy (non-hydrogen) atoms. The third kappa shape index (κ3) is 5.82. The van der Waals surface area contributed by atoms with E-state index in [0.29, 0.717) is 6.54 Å². The third-order valence-electron chi connectivity index (χ3n) is 4.89. The Morgan fingerprint density at radius 2 is 1.57 bits per heavy atom. The molecule has 0 amide bonds. The molecule has 154 valence electrons. The second-order valence-electron chi connectivity index (χ2n) is 6.76. The molecule has 0 fully saturated rings. The monoisotopic (exact) mass is 403 g/mol. The quantitative estimate of drug-likeness (QED) is 0.386. The first-order chi connectivity index (χ1) is 13.7. The van der Waals surface area contributed by atoms with Crippen molar-refractivity contribution >= 4 is 11.8 Å². The van der Waals surface area contributed by atoms with E-state index in [9.17, 15) is 0 Å². The molecule has 0 spiro atoms. The number of para-hydroxylation sites is 1. The van der Waals surface area contributed by atoms with Gasteiger partial charge in [0.05, 0.1) is 26.2 Å². The summed E-state index contributed by atoms with van der Waals surface area (Å²) in [7, 11) is 5.13. The van der Waals surface area contributed by atoms with E-state index in [1.54, 1.807) is 33.1 Å². The zero-order chi connectivity index (χ0) is 20.4. The topological polar surface area (TPSA) is 53.7 Å². The Labute approximate surface area is 173 Å². The van der Waals surface area contributed by atoms with E-state index >= 15 is 0 Å². The number of thioether (sulfide) groups is 1. The highest BCUT2D eigenvalue weighted by Crippen LogP contribution is 2.41. The third-order valence-corrected chi connectivity index (χ3v) is 6.08. The van der Waals surface area contributed by atoms with Crippen LogP contribution < -0.4 is 19.9 Å². The molecule has 0 heterocycles. The summed E-state index contributed by atoms with van der Waals surface area (Å²) in [6.07, 6.45) is 4.45. The van der Waals surface area contributed by atoms with Gasteiger partial charge >= 0.3 is 0 Å². The van der Waals surface area contributed by atoms with E-state index in [1.165, 1.54) is 19.3 Å². The second kappa shape index (κ2) is 11.9. The lowest BCUT2D eigenvalue weighted by Gasteiger charge is -2.21. The van der Waals surface area contributed by atoms with Gasteiger partial charge in [0.1, 0.15) is 17.2 Å². The van der Waals surface area contributed by atoms with Gasteiger partial charge in [-0.1, -0.05) is 38.0 Å². The van der Waals surface area contributed by atoms with Gasteiger partial charge in [-0.15, -0.1) is 11.8 Å². The van der Waals surface area contributed by atoms with Gasteiger partial charge < -0.3 is 19.9 Å². The summed E-state index contributed by atoms with van der Waals surface area (Å²) < 4.78 is 16.9. The van der Waals surface area contributed by atoms with Crippen LogP contribution in [0.5, 0.6) is 17.2 Å². The minimum absolute atomic E-state index is 0.151. The maximum atomic E-state index is 6.15. The SMILES string of the molecule is CCCCCSc1c(OC)cc(C(CN)Cc2ccccc2OC)cc1OC. The van der Waals surface area contributed by atoms with E-state index in [2.05, 4.69) is 25.1 Å². The van der Waals surface area contributed by atoms with Crippen LogP contribution >= 0.6 is 11.8 Å². The largest absolute Gasteiger partial charge is 0.496 e. The lowest BCUT2D eigenvalue weighted by molar-refractivity contribution is 0.374. The van der Waals surface area contributed by atoms with Crippen LogP contribution in [0, 0.1) is 0 Å². The Balaban J connectivity index is 2.29. The molecule has 2 aromatic rings. The number of rotatable bonds is 12. The van der Waals surface area contributed by atoms with Crippen molar-refractivity contribution in [2.24, 2.45) is 5.73 Å². The number of ether oxygens (including phenoxy) is 3. The van der Waals surface area contributed by atoms with Crippen LogP contribution in [0.2, 0.25) is 0 Å². The van der Waals surface area contributed by atoms with E-state index in [0.717, 1.165) is 45.4 Å². The number of benzene rings is 2. The lowest BCUT2D eigenvalue weighted by Crippen LogP contribution is -2.16. The van der Waals surface area contributed by atoms with Gasteiger partial charge in [0, 0.05) is 5.92 Å². The van der Waals surface area contributed by atoms with E-state index in [-0.39, 0.29) is 5.92 Å². The summed E-state index contributed by atoms with van der Waals surface area (Å²) in [6, 6.07) is 12.3. The average molecular weight is 404 g/mol. The lowest BCUT2D eigenvalue weighted by atomic mass is 9.91. The molecule has 0 aliphatic carbocycles. The highest BCUT2D eigenvalue weighted by atomic mass is 32.2. The molecule has 1 atom stereocenters. The smallest absolute Gasteiger partial charge is 0.136 e. The van der Waals surface area contributed by atoms with Crippen LogP contribution in [0.15, 0.2) is 41.3 Å². The molecule has 0 saturated heterocycles. The fourth-order valence-corrected chi connectivity index (χ4v) is 4.40. The summed E-state index contributed by atoms with van der Waals surface area (Å²) in [5, 5.41) is 0. The zero-order valence-electron chi connectivity index (χ0n) is 17.5. The van der Waals surface area contributed by atoms with Gasteiger partial charge in [-0.05, 0) is 54.5 Å². The van der Waals surface area contributed by atoms with Crippen LogP contribution in [-0.4, -0.2) is 33.6 Å². The Kier molecular flexibility index (Phi) is 9.51. The van der Waals surface area contributed by atoms with Crippen molar-refractivity contribution in [1.29, 1.82) is 0 Å². The number of hydrogen-bond acceptors (Lipinski definition) is 5. The highest BCUT2D eigenvalue weighted by Gasteiger charge is 2.19. The van der Waals surface area contributed by atoms with Crippen LogP contribution in [-0.2, 0) is 6.42 Å². The van der Waals surface area contributed by atoms with Crippen molar-refractivity contribution in [2.45, 2.75) is 43.4 Å². The van der Waals surface area contributed by atoms with Gasteiger partial charge in [-0.3, -0.25) is 0 Å². The summed E-state index contributed by atoms with van der Waals surface area (Å²) in [4.78, 5) is 1.07. The Morgan fingerprint density at radius 3 is 2.14 bits per heavy atom. The summed E-state index contributed by atoms with van der Waals surface area (Å²) in [5.74, 6) is 3.81. The first kappa shape index (κ1) is 22.4. The minimum atomic E-state index is 0.151. The Bertz CT molecular complexity index is 711. The molecule has 0 aliphatic rings. The highest BCUT2D eigenvalue weighted by molar-refractivity contribution is 7.99. The van der Waals surface area contributed by atoms with E-state index in [4.69, 9.17) is 19.9 Å². The van der Waals surface area contributed by atoms with Crippen LogP contribution in [0.3, 0.4) is 0 Å². The molecule has 2 aromatic carbocycles. The van der Waals surface area contributed by atoms with Crippen molar-refractivity contribution in [3.8, 4) is 17.2 Å². The standard InChI is InChI=1S/C23H33NO3S/c1-5-6-9-12-28-23-21(26-3)14-18(15-22(23)27-4)19(16-24)13-17-10-7-8-11-20(17)25-2/h7-8,10-11,14-15,19H,5-6,9,12-13,16,24H2,1-4H3. The van der Waals surface area contributed by atoms with Gasteiger partial charge in [-0.25, -0.2) is 0 Å². The predicted octanol–water partition coefficient (Wildman–Crippen LogP) is 5.28. The first-order valence-corrected chi connectivity index (χ1v) is 10.9. The summed E-state index contributed by atoms with van der Waals surface area (Å²) >= 11 is 1.80. The second-order valence-corrected chi connectivity index (χ2v) is 7.86. The van der Waals surface area contributed by atoms with E-state index < -0.39 is 0 Å². The molecule has 0 radical (unpaired) electrons. The minimum Gasteiger partial charge on any atom is -0.496 e. The summed E-state index contributed by atoms with van der Waals surface area (Å²) in [6.45, 7) is 2.75. The normalized spacial score (nSPS) is 11.9. The van der Waals surface area contributed by atoms with Crippen molar-refractivity contribution < 1.29 is 14.2 Å². The summed E-state index contributed by atoms with van der Waals surface area (Å²) in [5.41, 5.74) is 8.43. The van der Waals surface area contributed by atoms with Crippen molar-refractivity contribution in [3.63, 3.8) is 0 Å². The molecule has 2 N–H and O–H groups in total.